The van der Waals surface area contributed by atoms with Crippen LogP contribution in [0.2, 0.25) is 0 Å². The van der Waals surface area contributed by atoms with Gasteiger partial charge in [-0.05, 0) is 76.1 Å². The first-order chi connectivity index (χ1) is 25.6. The monoisotopic (exact) mass is 758 g/mol. The van der Waals surface area contributed by atoms with Crippen molar-refractivity contribution < 1.29 is 51.9 Å². The number of ether oxygens (including phenoxy) is 2. The summed E-state index contributed by atoms with van der Waals surface area (Å²) in [6.45, 7) is 14.1. The Hall–Kier alpha value is -5.49. The lowest BCUT2D eigenvalue weighted by atomic mass is 9.97. The van der Waals surface area contributed by atoms with Crippen molar-refractivity contribution >= 4 is 64.6 Å². The molecule has 1 heterocycles. The van der Waals surface area contributed by atoms with Gasteiger partial charge in [0.2, 0.25) is 5.78 Å². The van der Waals surface area contributed by atoms with Gasteiger partial charge in [0.1, 0.15) is 18.9 Å². The zero-order chi connectivity index (χ0) is 39.6. The lowest BCUT2D eigenvalue weighted by Gasteiger charge is -2.19. The molecule has 0 bridgehead atoms. The van der Waals surface area contributed by atoms with Gasteiger partial charge in [-0.2, -0.15) is 0 Å². The molecule has 4 aromatic rings. The van der Waals surface area contributed by atoms with Crippen LogP contribution >= 0.6 is 7.60 Å². The Kier molecular flexibility index (Phi) is 14.1. The van der Waals surface area contributed by atoms with Crippen LogP contribution in [-0.2, 0) is 48.9 Å². The molecule has 0 radical (unpaired) electrons. The molecule has 0 aliphatic carbocycles. The standard InChI is InChI=1S/C40H43N2O11P/c1-25(2)39(46)49-18-20-51-54(48,52-21-19-50-40(47)26(3)4)22-10-17-42-35-15-13-30(37(44)28(6)41-53-29(7)43)23-33(35)34-24-31(14-16-36(34)42)38(45)32-12-9-8-11-27(32)5/h8-9,11-16,23-24H,1,3,10,17-22H2,2,4-7H3/b41-28+. The number of carbonyl (C=O) groups excluding carboxylic acids is 5. The number of Topliss-reactive ketones (excluding diaryl/α,β-unsaturated/α-hetero) is 1. The quantitative estimate of drug-likeness (QED) is 0.0138. The maximum atomic E-state index is 13.9. The highest BCUT2D eigenvalue weighted by Crippen LogP contribution is 2.49. The van der Waals surface area contributed by atoms with Crippen molar-refractivity contribution in [1.29, 1.82) is 0 Å². The molecule has 4 rings (SSSR count). The molecule has 1 aromatic heterocycles. The number of hydrogen-bond donors (Lipinski definition) is 0. The number of nitrogens with zero attached hydrogens (tertiary/aromatic N) is 2. The molecule has 0 saturated carbocycles. The zero-order valence-corrected chi connectivity index (χ0v) is 31.9. The normalized spacial score (nSPS) is 11.7. The van der Waals surface area contributed by atoms with Crippen molar-refractivity contribution in [3.8, 4) is 0 Å². The van der Waals surface area contributed by atoms with Gasteiger partial charge in [0.05, 0.1) is 19.4 Å². The molecular formula is C40H43N2O11P. The highest BCUT2D eigenvalue weighted by molar-refractivity contribution is 7.53. The topological polar surface area (TPSA) is 166 Å². The molecule has 284 valence electrons. The Morgan fingerprint density at radius 2 is 1.28 bits per heavy atom. The van der Waals surface area contributed by atoms with Gasteiger partial charge >= 0.3 is 25.5 Å². The number of benzene rings is 3. The summed E-state index contributed by atoms with van der Waals surface area (Å²) in [5.74, 6) is -2.51. The van der Waals surface area contributed by atoms with Crippen LogP contribution in [0.5, 0.6) is 0 Å². The zero-order valence-electron chi connectivity index (χ0n) is 31.0. The molecular weight excluding hydrogens is 715 g/mol. The van der Waals surface area contributed by atoms with Gasteiger partial charge in [-0.3, -0.25) is 14.2 Å². The summed E-state index contributed by atoms with van der Waals surface area (Å²) in [7, 11) is -3.81. The van der Waals surface area contributed by atoms with Gasteiger partial charge in [-0.1, -0.05) is 42.6 Å². The highest BCUT2D eigenvalue weighted by atomic mass is 31.2. The van der Waals surface area contributed by atoms with Crippen LogP contribution < -0.4 is 0 Å². The minimum atomic E-state index is -3.81. The first kappa shape index (κ1) is 41.3. The summed E-state index contributed by atoms with van der Waals surface area (Å²) in [6, 6.07) is 17.7. The molecule has 0 aliphatic heterocycles. The highest BCUT2D eigenvalue weighted by Gasteiger charge is 2.26. The lowest BCUT2D eigenvalue weighted by molar-refractivity contribution is -0.141. The SMILES string of the molecule is C=C(C)C(=O)OCCOP(=O)(CCCn1c2ccc(C(=O)/C(C)=N/OC(C)=O)cc2c2cc(C(=O)c3ccccc3C)ccc21)OCCOC(=O)C(=C)C. The minimum Gasteiger partial charge on any atom is -0.460 e. The fourth-order valence-corrected chi connectivity index (χ4v) is 7.02. The Labute approximate surface area is 313 Å². The smallest absolute Gasteiger partial charge is 0.333 e. The molecule has 14 heteroatoms. The van der Waals surface area contributed by atoms with Crippen LogP contribution in [0, 0.1) is 6.92 Å². The van der Waals surface area contributed by atoms with E-state index in [9.17, 15) is 28.5 Å². The minimum absolute atomic E-state index is 0.0248. The molecule has 0 unspecified atom stereocenters. The number of fused-ring (bicyclic) bond motifs is 3. The maximum Gasteiger partial charge on any atom is 0.333 e. The summed E-state index contributed by atoms with van der Waals surface area (Å²) in [5, 5.41) is 5.01. The molecule has 0 saturated heterocycles. The van der Waals surface area contributed by atoms with Crippen molar-refractivity contribution in [2.75, 3.05) is 32.6 Å². The van der Waals surface area contributed by atoms with Crippen molar-refractivity contribution in [2.24, 2.45) is 5.16 Å². The number of carbonyl (C=O) groups is 5. The van der Waals surface area contributed by atoms with E-state index in [2.05, 4.69) is 23.2 Å². The first-order valence-corrected chi connectivity index (χ1v) is 18.8. The van der Waals surface area contributed by atoms with Gasteiger partial charge in [0.15, 0.2) is 5.78 Å². The van der Waals surface area contributed by atoms with Crippen LogP contribution in [0.1, 0.15) is 66.0 Å². The van der Waals surface area contributed by atoms with E-state index in [1.165, 1.54) is 27.7 Å². The van der Waals surface area contributed by atoms with Gasteiger partial charge in [0.25, 0.3) is 0 Å². The molecule has 0 spiro atoms. The number of aryl methyl sites for hydroxylation is 2. The molecule has 0 atom stereocenters. The number of hydrogen-bond acceptors (Lipinski definition) is 12. The van der Waals surface area contributed by atoms with Gasteiger partial charge in [0, 0.05) is 63.1 Å². The summed E-state index contributed by atoms with van der Waals surface area (Å²) in [6.07, 6.45) is 0.231. The second-order valence-corrected chi connectivity index (χ2v) is 14.7. The van der Waals surface area contributed by atoms with Gasteiger partial charge in [-0.25, -0.2) is 14.4 Å². The summed E-state index contributed by atoms with van der Waals surface area (Å²) >= 11 is 0. The lowest BCUT2D eigenvalue weighted by Crippen LogP contribution is -2.14. The predicted molar refractivity (Wildman–Crippen MR) is 204 cm³/mol. The maximum absolute atomic E-state index is 13.9. The molecule has 54 heavy (non-hydrogen) atoms. The fraction of sp³-hybridized carbons (Fsp3) is 0.300. The molecule has 0 amide bonds. The predicted octanol–water partition coefficient (Wildman–Crippen LogP) is 7.31. The van der Waals surface area contributed by atoms with Crippen LogP contribution in [0.15, 0.2) is 90.1 Å². The van der Waals surface area contributed by atoms with Crippen LogP contribution in [-0.4, -0.2) is 72.3 Å². The van der Waals surface area contributed by atoms with Crippen LogP contribution in [0.3, 0.4) is 0 Å². The van der Waals surface area contributed by atoms with Crippen LogP contribution in [0.4, 0.5) is 0 Å². The van der Waals surface area contributed by atoms with Crippen molar-refractivity contribution in [1.82, 2.24) is 4.57 Å². The van der Waals surface area contributed by atoms with Crippen molar-refractivity contribution in [3.63, 3.8) is 0 Å². The summed E-state index contributed by atoms with van der Waals surface area (Å²) in [4.78, 5) is 66.5. The van der Waals surface area contributed by atoms with E-state index >= 15 is 0 Å². The number of rotatable bonds is 19. The van der Waals surface area contributed by atoms with E-state index in [1.54, 1.807) is 42.5 Å². The largest absolute Gasteiger partial charge is 0.460 e. The van der Waals surface area contributed by atoms with E-state index < -0.39 is 31.3 Å². The summed E-state index contributed by atoms with van der Waals surface area (Å²) in [5.41, 5.74) is 3.99. The molecule has 0 aliphatic rings. The fourth-order valence-electron chi connectivity index (χ4n) is 5.45. The van der Waals surface area contributed by atoms with Crippen molar-refractivity contribution in [2.45, 2.75) is 47.6 Å². The van der Waals surface area contributed by atoms with Crippen molar-refractivity contribution in [3.05, 3.63) is 107 Å². The Balaban J connectivity index is 1.66. The van der Waals surface area contributed by atoms with Gasteiger partial charge < -0.3 is 27.9 Å². The third kappa shape index (κ3) is 10.6. The summed E-state index contributed by atoms with van der Waals surface area (Å²) < 4.78 is 37.3. The van der Waals surface area contributed by atoms with E-state index in [0.717, 1.165) is 16.6 Å². The average molecular weight is 759 g/mol. The second kappa shape index (κ2) is 18.5. The van der Waals surface area contributed by atoms with E-state index in [-0.39, 0.29) is 67.2 Å². The Morgan fingerprint density at radius 1 is 0.741 bits per heavy atom. The molecule has 3 aromatic carbocycles. The first-order valence-electron chi connectivity index (χ1n) is 17.1. The van der Waals surface area contributed by atoms with E-state index in [4.69, 9.17) is 18.5 Å². The Bertz CT molecular complexity index is 2180. The number of esters is 2. The number of ketones is 2. The van der Waals surface area contributed by atoms with Gasteiger partial charge in [-0.15, -0.1) is 0 Å². The second-order valence-electron chi connectivity index (χ2n) is 12.5. The Morgan fingerprint density at radius 3 is 1.81 bits per heavy atom. The third-order valence-electron chi connectivity index (χ3n) is 8.14. The van der Waals surface area contributed by atoms with E-state index in [0.29, 0.717) is 28.4 Å². The molecule has 13 nitrogen and oxygen atoms in total. The van der Waals surface area contributed by atoms with Crippen LogP contribution in [0.25, 0.3) is 21.8 Å². The molecule has 0 N–H and O–H groups in total. The van der Waals surface area contributed by atoms with E-state index in [1.807, 2.05) is 29.7 Å². The number of aromatic nitrogens is 1. The third-order valence-corrected chi connectivity index (χ3v) is 10.2. The number of oxime groups is 1. The average Bonchev–Trinajstić information content (AvgIpc) is 3.45. The molecule has 0 fully saturated rings.